The van der Waals surface area contributed by atoms with Crippen LogP contribution in [0.25, 0.3) is 11.0 Å². The number of nitrogens with one attached hydrogen (secondary N) is 1. The summed E-state index contributed by atoms with van der Waals surface area (Å²) in [6.07, 6.45) is 3.70. The van der Waals surface area contributed by atoms with Crippen LogP contribution in [0.5, 0.6) is 0 Å². The van der Waals surface area contributed by atoms with Crippen LogP contribution in [-0.4, -0.2) is 22.0 Å². The predicted molar refractivity (Wildman–Crippen MR) is 99.3 cm³/mol. The highest BCUT2D eigenvalue weighted by atomic mass is 19.1. The van der Waals surface area contributed by atoms with Crippen molar-refractivity contribution in [1.82, 2.24) is 14.9 Å². The molecule has 26 heavy (non-hydrogen) atoms. The molecule has 1 N–H and O–H groups in total. The molecule has 4 rings (SSSR count). The first-order chi connectivity index (χ1) is 12.7. The molecule has 1 heterocycles. The summed E-state index contributed by atoms with van der Waals surface area (Å²) >= 11 is 0. The third kappa shape index (κ3) is 3.77. The van der Waals surface area contributed by atoms with Gasteiger partial charge in [-0.15, -0.1) is 0 Å². The molecule has 2 aromatic carbocycles. The van der Waals surface area contributed by atoms with E-state index in [1.165, 1.54) is 12.1 Å². The fraction of sp³-hybridized carbons (Fsp3) is 0.333. The van der Waals surface area contributed by atoms with Crippen LogP contribution in [0, 0.1) is 11.7 Å². The zero-order chi connectivity index (χ0) is 17.9. The summed E-state index contributed by atoms with van der Waals surface area (Å²) in [6.45, 7) is 1.33. The minimum absolute atomic E-state index is 0.185. The number of rotatable bonds is 7. The standard InChI is InChI=1S/C21H22FN3O/c22-17-11-7-15(8-12-17)14-25-19-5-2-1-4-18(19)24-20(25)6-3-13-23-21(26)16-9-10-16/h1-2,4-5,7-8,11-12,16H,3,6,9-10,13-14H2,(H,23,26). The van der Waals surface area contributed by atoms with Crippen LogP contribution in [0.3, 0.4) is 0 Å². The summed E-state index contributed by atoms with van der Waals surface area (Å²) in [6, 6.07) is 14.7. The van der Waals surface area contributed by atoms with Crippen molar-refractivity contribution in [2.75, 3.05) is 6.54 Å². The van der Waals surface area contributed by atoms with E-state index in [9.17, 15) is 9.18 Å². The second-order valence-electron chi connectivity index (χ2n) is 6.90. The maximum absolute atomic E-state index is 13.2. The predicted octanol–water partition coefficient (Wildman–Crippen LogP) is 3.68. The highest BCUT2D eigenvalue weighted by molar-refractivity contribution is 5.80. The van der Waals surface area contributed by atoms with Crippen LogP contribution in [0.1, 0.15) is 30.7 Å². The van der Waals surface area contributed by atoms with Gasteiger partial charge in [0.25, 0.3) is 0 Å². The van der Waals surface area contributed by atoms with Gasteiger partial charge in [0, 0.05) is 25.4 Å². The number of carbonyl (C=O) groups excluding carboxylic acids is 1. The van der Waals surface area contributed by atoms with E-state index in [0.29, 0.717) is 13.1 Å². The van der Waals surface area contributed by atoms with Crippen LogP contribution < -0.4 is 5.32 Å². The summed E-state index contributed by atoms with van der Waals surface area (Å²) in [5.74, 6) is 1.20. The zero-order valence-electron chi connectivity index (χ0n) is 14.6. The van der Waals surface area contributed by atoms with Crippen molar-refractivity contribution < 1.29 is 9.18 Å². The number of benzene rings is 2. The highest BCUT2D eigenvalue weighted by Crippen LogP contribution is 2.28. The summed E-state index contributed by atoms with van der Waals surface area (Å²) in [7, 11) is 0. The fourth-order valence-corrected chi connectivity index (χ4v) is 3.21. The monoisotopic (exact) mass is 351 g/mol. The van der Waals surface area contributed by atoms with Crippen LogP contribution >= 0.6 is 0 Å². The van der Waals surface area contributed by atoms with Gasteiger partial charge in [-0.3, -0.25) is 4.79 Å². The molecule has 0 atom stereocenters. The SMILES string of the molecule is O=C(NCCCc1nc2ccccc2n1Cc1ccc(F)cc1)C1CC1. The number of aromatic nitrogens is 2. The smallest absolute Gasteiger partial charge is 0.223 e. The average Bonchev–Trinajstić information content (AvgIpc) is 3.45. The van der Waals surface area contributed by atoms with Crippen LogP contribution in [0.15, 0.2) is 48.5 Å². The summed E-state index contributed by atoms with van der Waals surface area (Å²) in [4.78, 5) is 16.5. The number of hydrogen-bond donors (Lipinski definition) is 1. The van der Waals surface area contributed by atoms with Crippen molar-refractivity contribution in [2.24, 2.45) is 5.92 Å². The number of fused-ring (bicyclic) bond motifs is 1. The van der Waals surface area contributed by atoms with Crippen molar-refractivity contribution in [3.05, 3.63) is 65.7 Å². The van der Waals surface area contributed by atoms with Crippen LogP contribution in [-0.2, 0) is 17.8 Å². The number of halogens is 1. The van der Waals surface area contributed by atoms with Gasteiger partial charge in [-0.05, 0) is 49.1 Å². The second kappa shape index (κ2) is 7.28. The van der Waals surface area contributed by atoms with E-state index >= 15 is 0 Å². The van der Waals surface area contributed by atoms with Crippen LogP contribution in [0.2, 0.25) is 0 Å². The maximum atomic E-state index is 13.2. The van der Waals surface area contributed by atoms with Crippen molar-refractivity contribution in [1.29, 1.82) is 0 Å². The summed E-state index contributed by atoms with van der Waals surface area (Å²) in [5, 5.41) is 3.01. The van der Waals surface area contributed by atoms with Crippen molar-refractivity contribution in [3.63, 3.8) is 0 Å². The molecule has 0 unspecified atom stereocenters. The zero-order valence-corrected chi connectivity index (χ0v) is 14.6. The second-order valence-corrected chi connectivity index (χ2v) is 6.90. The highest BCUT2D eigenvalue weighted by Gasteiger charge is 2.29. The van der Waals surface area contributed by atoms with Gasteiger partial charge in [-0.1, -0.05) is 24.3 Å². The first-order valence-electron chi connectivity index (χ1n) is 9.17. The molecule has 0 saturated heterocycles. The molecule has 1 aliphatic carbocycles. The third-order valence-electron chi connectivity index (χ3n) is 4.81. The largest absolute Gasteiger partial charge is 0.356 e. The number of hydrogen-bond acceptors (Lipinski definition) is 2. The van der Waals surface area contributed by atoms with E-state index in [1.54, 1.807) is 0 Å². The lowest BCUT2D eigenvalue weighted by molar-refractivity contribution is -0.122. The van der Waals surface area contributed by atoms with Gasteiger partial charge in [0.2, 0.25) is 5.91 Å². The molecule has 1 amide bonds. The van der Waals surface area contributed by atoms with Gasteiger partial charge in [-0.25, -0.2) is 9.37 Å². The molecule has 1 aromatic heterocycles. The van der Waals surface area contributed by atoms with Crippen molar-refractivity contribution >= 4 is 16.9 Å². The Balaban J connectivity index is 1.49. The van der Waals surface area contributed by atoms with Gasteiger partial charge in [0.15, 0.2) is 0 Å². The Labute approximate surface area is 152 Å². The number of aryl methyl sites for hydroxylation is 1. The van der Waals surface area contributed by atoms with Gasteiger partial charge >= 0.3 is 0 Å². The number of amides is 1. The lowest BCUT2D eigenvalue weighted by Crippen LogP contribution is -2.26. The Morgan fingerprint density at radius 3 is 2.69 bits per heavy atom. The molecule has 1 fully saturated rings. The Kier molecular flexibility index (Phi) is 4.69. The number of nitrogens with zero attached hydrogens (tertiary/aromatic N) is 2. The third-order valence-corrected chi connectivity index (χ3v) is 4.81. The number of imidazole rings is 1. The molecule has 0 aliphatic heterocycles. The first-order valence-corrected chi connectivity index (χ1v) is 9.17. The first kappa shape index (κ1) is 16.8. The Morgan fingerprint density at radius 1 is 1.15 bits per heavy atom. The van der Waals surface area contributed by atoms with Gasteiger partial charge in [-0.2, -0.15) is 0 Å². The minimum Gasteiger partial charge on any atom is -0.356 e. The van der Waals surface area contributed by atoms with Crippen molar-refractivity contribution in [3.8, 4) is 0 Å². The molecule has 1 aliphatic rings. The van der Waals surface area contributed by atoms with E-state index in [2.05, 4.69) is 16.0 Å². The van der Waals surface area contributed by atoms with Gasteiger partial charge in [0.05, 0.1) is 11.0 Å². The minimum atomic E-state index is -0.226. The van der Waals surface area contributed by atoms with E-state index in [4.69, 9.17) is 4.98 Å². The molecule has 0 radical (unpaired) electrons. The Bertz CT molecular complexity index is 913. The molecule has 4 nitrogen and oxygen atoms in total. The molecular weight excluding hydrogens is 329 g/mol. The summed E-state index contributed by atoms with van der Waals surface area (Å²) < 4.78 is 15.4. The average molecular weight is 351 g/mol. The number of carbonyl (C=O) groups is 1. The Morgan fingerprint density at radius 2 is 1.92 bits per heavy atom. The normalized spacial score (nSPS) is 13.9. The van der Waals surface area contributed by atoms with E-state index in [-0.39, 0.29) is 17.6 Å². The quantitative estimate of drug-likeness (QED) is 0.660. The maximum Gasteiger partial charge on any atom is 0.223 e. The summed E-state index contributed by atoms with van der Waals surface area (Å²) in [5.41, 5.74) is 3.08. The molecule has 134 valence electrons. The molecule has 0 bridgehead atoms. The fourth-order valence-electron chi connectivity index (χ4n) is 3.21. The van der Waals surface area contributed by atoms with Crippen LogP contribution in [0.4, 0.5) is 4.39 Å². The van der Waals surface area contributed by atoms with Crippen molar-refractivity contribution in [2.45, 2.75) is 32.2 Å². The Hall–Kier alpha value is -2.69. The number of para-hydroxylation sites is 2. The molecule has 0 spiro atoms. The molecule has 5 heteroatoms. The lowest BCUT2D eigenvalue weighted by Gasteiger charge is -2.10. The lowest BCUT2D eigenvalue weighted by atomic mass is 10.2. The van der Waals surface area contributed by atoms with E-state index in [0.717, 1.165) is 48.1 Å². The topological polar surface area (TPSA) is 46.9 Å². The molecule has 3 aromatic rings. The van der Waals surface area contributed by atoms with Gasteiger partial charge < -0.3 is 9.88 Å². The van der Waals surface area contributed by atoms with E-state index in [1.807, 2.05) is 30.3 Å². The van der Waals surface area contributed by atoms with Gasteiger partial charge in [0.1, 0.15) is 11.6 Å². The molecular formula is C21H22FN3O. The van der Waals surface area contributed by atoms with E-state index < -0.39 is 0 Å². The molecule has 1 saturated carbocycles.